The van der Waals surface area contributed by atoms with Gasteiger partial charge >= 0.3 is 0 Å². The van der Waals surface area contributed by atoms with Crippen molar-refractivity contribution in [2.45, 2.75) is 39.4 Å². The maximum absolute atomic E-state index is 6.13. The van der Waals surface area contributed by atoms with E-state index < -0.39 is 0 Å². The first-order valence-electron chi connectivity index (χ1n) is 6.47. The van der Waals surface area contributed by atoms with Crippen LogP contribution >= 0.6 is 0 Å². The molecule has 0 aromatic heterocycles. The summed E-state index contributed by atoms with van der Waals surface area (Å²) < 4.78 is 12.3. The summed E-state index contributed by atoms with van der Waals surface area (Å²) in [4.78, 5) is 0. The van der Waals surface area contributed by atoms with Gasteiger partial charge in [-0.25, -0.2) is 0 Å². The molecular weight excluding hydrogens is 200 g/mol. The van der Waals surface area contributed by atoms with E-state index in [1.165, 1.54) is 6.42 Å². The largest absolute Gasteiger partial charge is 0.349 e. The van der Waals surface area contributed by atoms with Crippen molar-refractivity contribution in [2.24, 2.45) is 23.2 Å². The second-order valence-electron chi connectivity index (χ2n) is 6.55. The Morgan fingerprint density at radius 1 is 1.19 bits per heavy atom. The average molecular weight is 222 g/mol. The minimum absolute atomic E-state index is 0.179. The van der Waals surface area contributed by atoms with Gasteiger partial charge < -0.3 is 9.47 Å². The van der Waals surface area contributed by atoms with Gasteiger partial charge in [0.25, 0.3) is 0 Å². The first-order chi connectivity index (χ1) is 7.53. The van der Waals surface area contributed by atoms with Crippen LogP contribution in [0.4, 0.5) is 0 Å². The van der Waals surface area contributed by atoms with Crippen LogP contribution in [0.25, 0.3) is 0 Å². The summed E-state index contributed by atoms with van der Waals surface area (Å²) in [6, 6.07) is 0. The Hall–Kier alpha value is -0.340. The molecular formula is C14H22O2. The van der Waals surface area contributed by atoms with Gasteiger partial charge in [-0.15, -0.1) is 0 Å². The Kier molecular flexibility index (Phi) is 2.25. The summed E-state index contributed by atoms with van der Waals surface area (Å²) in [5, 5.41) is 0. The molecule has 2 heteroatoms. The molecule has 2 fully saturated rings. The third-order valence-corrected chi connectivity index (χ3v) is 4.57. The summed E-state index contributed by atoms with van der Waals surface area (Å²) >= 11 is 0. The molecule has 2 aliphatic carbocycles. The number of rotatable bonds is 0. The lowest BCUT2D eigenvalue weighted by molar-refractivity contribution is -0.314. The third-order valence-electron chi connectivity index (χ3n) is 4.57. The van der Waals surface area contributed by atoms with E-state index in [1.54, 1.807) is 0 Å². The Morgan fingerprint density at radius 3 is 2.50 bits per heavy atom. The molecule has 0 aromatic rings. The van der Waals surface area contributed by atoms with Gasteiger partial charge in [0.15, 0.2) is 5.79 Å². The third kappa shape index (κ3) is 1.46. The SMILES string of the molecule is C[C@H]1[C@@H]2C=CC[C@@H]2CC12OCC(C)(C)CO2. The van der Waals surface area contributed by atoms with E-state index in [0.29, 0.717) is 11.8 Å². The number of ether oxygens (including phenoxy) is 2. The minimum Gasteiger partial charge on any atom is -0.349 e. The van der Waals surface area contributed by atoms with Crippen molar-refractivity contribution >= 4 is 0 Å². The molecule has 0 radical (unpaired) electrons. The molecule has 1 saturated heterocycles. The average Bonchev–Trinajstić information content (AvgIpc) is 2.76. The second kappa shape index (κ2) is 3.33. The highest BCUT2D eigenvalue weighted by atomic mass is 16.7. The van der Waals surface area contributed by atoms with Crippen LogP contribution in [-0.2, 0) is 9.47 Å². The molecule has 1 heterocycles. The molecule has 3 aliphatic rings. The summed E-state index contributed by atoms with van der Waals surface area (Å²) in [6.45, 7) is 8.38. The van der Waals surface area contributed by atoms with Crippen LogP contribution in [0.5, 0.6) is 0 Å². The summed E-state index contributed by atoms with van der Waals surface area (Å²) in [7, 11) is 0. The fraction of sp³-hybridized carbons (Fsp3) is 0.857. The fourth-order valence-corrected chi connectivity index (χ4v) is 3.46. The molecule has 3 rings (SSSR count). The van der Waals surface area contributed by atoms with Crippen LogP contribution in [0, 0.1) is 23.2 Å². The van der Waals surface area contributed by atoms with Crippen LogP contribution in [0.2, 0.25) is 0 Å². The molecule has 90 valence electrons. The van der Waals surface area contributed by atoms with E-state index in [4.69, 9.17) is 9.47 Å². The van der Waals surface area contributed by atoms with Crippen LogP contribution < -0.4 is 0 Å². The molecule has 1 spiro atoms. The van der Waals surface area contributed by atoms with Crippen LogP contribution in [0.3, 0.4) is 0 Å². The van der Waals surface area contributed by atoms with Crippen LogP contribution in [-0.4, -0.2) is 19.0 Å². The Balaban J connectivity index is 1.78. The summed E-state index contributed by atoms with van der Waals surface area (Å²) in [5.74, 6) is 1.68. The predicted octanol–water partition coefficient (Wildman–Crippen LogP) is 2.99. The molecule has 0 bridgehead atoms. The van der Waals surface area contributed by atoms with Gasteiger partial charge in [0.1, 0.15) is 0 Å². The zero-order valence-electron chi connectivity index (χ0n) is 10.5. The molecule has 0 amide bonds. The number of hydrogen-bond donors (Lipinski definition) is 0. The quantitative estimate of drug-likeness (QED) is 0.587. The van der Waals surface area contributed by atoms with Crippen molar-refractivity contribution in [3.05, 3.63) is 12.2 Å². The van der Waals surface area contributed by atoms with Gasteiger partial charge in [-0.05, 0) is 18.3 Å². The number of allylic oxidation sites excluding steroid dienone is 2. The molecule has 1 aliphatic heterocycles. The van der Waals surface area contributed by atoms with E-state index in [1.807, 2.05) is 0 Å². The highest BCUT2D eigenvalue weighted by Crippen LogP contribution is 2.53. The van der Waals surface area contributed by atoms with E-state index in [9.17, 15) is 0 Å². The lowest BCUT2D eigenvalue weighted by atomic mass is 9.90. The van der Waals surface area contributed by atoms with Gasteiger partial charge in [-0.3, -0.25) is 0 Å². The van der Waals surface area contributed by atoms with Crippen LogP contribution in [0.1, 0.15) is 33.6 Å². The highest BCUT2D eigenvalue weighted by molar-refractivity contribution is 5.11. The first kappa shape index (κ1) is 10.8. The molecule has 2 nitrogen and oxygen atoms in total. The van der Waals surface area contributed by atoms with E-state index >= 15 is 0 Å². The van der Waals surface area contributed by atoms with E-state index in [-0.39, 0.29) is 11.2 Å². The summed E-state index contributed by atoms with van der Waals surface area (Å²) in [5.41, 5.74) is 0.179. The van der Waals surface area contributed by atoms with Gasteiger partial charge in [0, 0.05) is 17.8 Å². The maximum atomic E-state index is 6.13. The lowest BCUT2D eigenvalue weighted by Crippen LogP contribution is -2.49. The predicted molar refractivity (Wildman–Crippen MR) is 62.9 cm³/mol. The van der Waals surface area contributed by atoms with Crippen molar-refractivity contribution in [3.8, 4) is 0 Å². The molecule has 3 atom stereocenters. The molecule has 1 saturated carbocycles. The summed E-state index contributed by atoms with van der Waals surface area (Å²) in [6.07, 6.45) is 7.00. The van der Waals surface area contributed by atoms with Crippen molar-refractivity contribution < 1.29 is 9.47 Å². The monoisotopic (exact) mass is 222 g/mol. The minimum atomic E-state index is -0.268. The molecule has 0 unspecified atom stereocenters. The molecule has 16 heavy (non-hydrogen) atoms. The fourth-order valence-electron chi connectivity index (χ4n) is 3.46. The van der Waals surface area contributed by atoms with Crippen LogP contribution in [0.15, 0.2) is 12.2 Å². The molecule has 0 aromatic carbocycles. The number of fused-ring (bicyclic) bond motifs is 1. The van der Waals surface area contributed by atoms with Crippen molar-refractivity contribution in [1.82, 2.24) is 0 Å². The Morgan fingerprint density at radius 2 is 1.88 bits per heavy atom. The second-order valence-corrected chi connectivity index (χ2v) is 6.55. The zero-order valence-corrected chi connectivity index (χ0v) is 10.5. The maximum Gasteiger partial charge on any atom is 0.171 e. The van der Waals surface area contributed by atoms with Gasteiger partial charge in [0.2, 0.25) is 0 Å². The highest BCUT2D eigenvalue weighted by Gasteiger charge is 2.55. The van der Waals surface area contributed by atoms with Gasteiger partial charge in [-0.1, -0.05) is 32.9 Å². The topological polar surface area (TPSA) is 18.5 Å². The van der Waals surface area contributed by atoms with E-state index in [0.717, 1.165) is 25.6 Å². The normalized spacial score (nSPS) is 43.8. The van der Waals surface area contributed by atoms with E-state index in [2.05, 4.69) is 32.9 Å². The van der Waals surface area contributed by atoms with Crippen molar-refractivity contribution in [1.29, 1.82) is 0 Å². The Labute approximate surface area is 98.0 Å². The zero-order chi connectivity index (χ0) is 11.4. The lowest BCUT2D eigenvalue weighted by Gasteiger charge is -2.44. The van der Waals surface area contributed by atoms with Crippen molar-refractivity contribution in [2.75, 3.05) is 13.2 Å². The Bertz CT molecular complexity index is 309. The smallest absolute Gasteiger partial charge is 0.171 e. The van der Waals surface area contributed by atoms with Gasteiger partial charge in [0.05, 0.1) is 13.2 Å². The van der Waals surface area contributed by atoms with Crippen molar-refractivity contribution in [3.63, 3.8) is 0 Å². The van der Waals surface area contributed by atoms with Gasteiger partial charge in [-0.2, -0.15) is 0 Å². The molecule has 0 N–H and O–H groups in total. The number of hydrogen-bond acceptors (Lipinski definition) is 2. The first-order valence-corrected chi connectivity index (χ1v) is 6.47. The standard InChI is InChI=1S/C14H22O2/c1-10-12-6-4-5-11(12)7-14(10)15-8-13(2,3)9-16-14/h4,6,10-12H,5,7-9H2,1-3H3/t10-,11+,12-/m0/s1.